The summed E-state index contributed by atoms with van der Waals surface area (Å²) in [6.45, 7) is 6.76. The average molecular weight is 353 g/mol. The first-order valence-electron chi connectivity index (χ1n) is 9.21. The summed E-state index contributed by atoms with van der Waals surface area (Å²) >= 11 is 0. The number of likely N-dealkylation sites (tertiary alicyclic amines) is 1. The molecule has 0 radical (unpaired) electrons. The normalized spacial score (nSPS) is 17.8. The number of carbonyl (C=O) groups excluding carboxylic acids is 1. The second-order valence-corrected chi connectivity index (χ2v) is 6.98. The van der Waals surface area contributed by atoms with Crippen LogP contribution in [0.2, 0.25) is 0 Å². The number of anilines is 1. The molecule has 1 atom stereocenters. The molecule has 1 fully saturated rings. The fourth-order valence-electron chi connectivity index (χ4n) is 3.20. The van der Waals surface area contributed by atoms with E-state index in [4.69, 9.17) is 4.74 Å². The van der Waals surface area contributed by atoms with Gasteiger partial charge < -0.3 is 10.1 Å². The highest BCUT2D eigenvalue weighted by molar-refractivity contribution is 5.92. The van der Waals surface area contributed by atoms with E-state index in [1.54, 1.807) is 6.20 Å². The summed E-state index contributed by atoms with van der Waals surface area (Å²) in [7, 11) is 0. The summed E-state index contributed by atoms with van der Waals surface area (Å²) in [5.41, 5.74) is 4.21. The molecule has 138 valence electrons. The molecule has 5 nitrogen and oxygen atoms in total. The number of hydrogen-bond acceptors (Lipinski definition) is 4. The third-order valence-electron chi connectivity index (χ3n) is 4.81. The molecule has 1 aliphatic rings. The minimum atomic E-state index is 0.0265. The topological polar surface area (TPSA) is 54.5 Å². The summed E-state index contributed by atoms with van der Waals surface area (Å²) < 4.78 is 5.99. The Labute approximate surface area is 155 Å². The van der Waals surface area contributed by atoms with Gasteiger partial charge in [-0.25, -0.2) is 0 Å². The van der Waals surface area contributed by atoms with Crippen molar-refractivity contribution in [1.82, 2.24) is 9.88 Å². The lowest BCUT2D eigenvalue weighted by atomic mass is 10.1. The van der Waals surface area contributed by atoms with E-state index in [0.717, 1.165) is 37.3 Å². The van der Waals surface area contributed by atoms with Crippen LogP contribution in [-0.2, 0) is 16.1 Å². The van der Waals surface area contributed by atoms with Gasteiger partial charge in [0.05, 0.1) is 24.9 Å². The lowest BCUT2D eigenvalue weighted by Crippen LogP contribution is -2.43. The zero-order chi connectivity index (χ0) is 18.4. The quantitative estimate of drug-likeness (QED) is 0.866. The lowest BCUT2D eigenvalue weighted by Gasteiger charge is -2.32. The third kappa shape index (κ3) is 5.38. The van der Waals surface area contributed by atoms with Crippen LogP contribution in [0.3, 0.4) is 0 Å². The SMILES string of the molecule is Cc1ccc(NC(=O)CN2CCCC(OCc3ccccn3)C2)cc1C. The Balaban J connectivity index is 1.46. The van der Waals surface area contributed by atoms with Crippen LogP contribution >= 0.6 is 0 Å². The molecule has 1 N–H and O–H groups in total. The molecular formula is C21H27N3O2. The van der Waals surface area contributed by atoms with Crippen molar-refractivity contribution in [2.75, 3.05) is 25.0 Å². The van der Waals surface area contributed by atoms with E-state index < -0.39 is 0 Å². The number of benzene rings is 1. The van der Waals surface area contributed by atoms with Crippen molar-refractivity contribution in [2.45, 2.75) is 39.4 Å². The Morgan fingerprint density at radius 2 is 2.15 bits per heavy atom. The number of nitrogens with zero attached hydrogens (tertiary/aromatic N) is 2. The molecule has 0 bridgehead atoms. The highest BCUT2D eigenvalue weighted by atomic mass is 16.5. The van der Waals surface area contributed by atoms with Gasteiger partial charge in [-0.05, 0) is 68.6 Å². The van der Waals surface area contributed by atoms with E-state index in [2.05, 4.69) is 29.0 Å². The Bertz CT molecular complexity index is 733. The van der Waals surface area contributed by atoms with Crippen LogP contribution in [-0.4, -0.2) is 41.5 Å². The van der Waals surface area contributed by atoms with E-state index in [1.165, 1.54) is 11.1 Å². The van der Waals surface area contributed by atoms with Crippen LogP contribution in [0.25, 0.3) is 0 Å². The first-order valence-corrected chi connectivity index (χ1v) is 9.21. The van der Waals surface area contributed by atoms with Crippen LogP contribution in [0, 0.1) is 13.8 Å². The van der Waals surface area contributed by atoms with Crippen molar-refractivity contribution < 1.29 is 9.53 Å². The molecule has 1 aliphatic heterocycles. The summed E-state index contributed by atoms with van der Waals surface area (Å²) in [5, 5.41) is 3.00. The maximum absolute atomic E-state index is 12.4. The zero-order valence-electron chi connectivity index (χ0n) is 15.6. The standard InChI is InChI=1S/C21H27N3O2/c1-16-8-9-18(12-17(16)2)23-21(25)14-24-11-5-7-20(13-24)26-15-19-6-3-4-10-22-19/h3-4,6,8-10,12,20H,5,7,11,13-15H2,1-2H3,(H,23,25). The van der Waals surface area contributed by atoms with Crippen LogP contribution in [0.15, 0.2) is 42.6 Å². The van der Waals surface area contributed by atoms with E-state index in [1.807, 2.05) is 36.4 Å². The predicted molar refractivity (Wildman–Crippen MR) is 103 cm³/mol. The van der Waals surface area contributed by atoms with Crippen molar-refractivity contribution in [3.8, 4) is 0 Å². The Kier molecular flexibility index (Phi) is 6.36. The molecule has 1 amide bonds. The number of pyridine rings is 1. The first kappa shape index (κ1) is 18.5. The van der Waals surface area contributed by atoms with Crippen molar-refractivity contribution in [3.05, 3.63) is 59.4 Å². The van der Waals surface area contributed by atoms with Crippen LogP contribution < -0.4 is 5.32 Å². The van der Waals surface area contributed by atoms with Crippen LogP contribution in [0.5, 0.6) is 0 Å². The average Bonchev–Trinajstić information content (AvgIpc) is 2.64. The molecule has 1 aromatic heterocycles. The van der Waals surface area contributed by atoms with Crippen molar-refractivity contribution in [1.29, 1.82) is 0 Å². The summed E-state index contributed by atoms with van der Waals surface area (Å²) in [6.07, 6.45) is 4.01. The third-order valence-corrected chi connectivity index (χ3v) is 4.81. The molecule has 1 aromatic carbocycles. The van der Waals surface area contributed by atoms with Gasteiger partial charge in [-0.2, -0.15) is 0 Å². The zero-order valence-corrected chi connectivity index (χ0v) is 15.6. The summed E-state index contributed by atoms with van der Waals surface area (Å²) in [4.78, 5) is 18.8. The van der Waals surface area contributed by atoms with Crippen molar-refractivity contribution in [3.63, 3.8) is 0 Å². The van der Waals surface area contributed by atoms with Gasteiger partial charge in [-0.3, -0.25) is 14.7 Å². The molecule has 3 rings (SSSR count). The number of amides is 1. The van der Waals surface area contributed by atoms with Gasteiger partial charge in [0.2, 0.25) is 5.91 Å². The molecule has 0 spiro atoms. The molecule has 5 heteroatoms. The van der Waals surface area contributed by atoms with Gasteiger partial charge in [-0.15, -0.1) is 0 Å². The molecule has 0 aliphatic carbocycles. The van der Waals surface area contributed by atoms with Gasteiger partial charge in [0.25, 0.3) is 0 Å². The fourth-order valence-corrected chi connectivity index (χ4v) is 3.20. The van der Waals surface area contributed by atoms with Crippen molar-refractivity contribution in [2.24, 2.45) is 0 Å². The number of piperidine rings is 1. The molecule has 26 heavy (non-hydrogen) atoms. The maximum atomic E-state index is 12.4. The van der Waals surface area contributed by atoms with Crippen molar-refractivity contribution >= 4 is 11.6 Å². The van der Waals surface area contributed by atoms with E-state index in [9.17, 15) is 4.79 Å². The Morgan fingerprint density at radius 1 is 1.27 bits per heavy atom. The van der Waals surface area contributed by atoms with Gasteiger partial charge in [-0.1, -0.05) is 12.1 Å². The van der Waals surface area contributed by atoms with Gasteiger partial charge in [0.15, 0.2) is 0 Å². The largest absolute Gasteiger partial charge is 0.371 e. The smallest absolute Gasteiger partial charge is 0.238 e. The van der Waals surface area contributed by atoms with Crippen LogP contribution in [0.4, 0.5) is 5.69 Å². The highest BCUT2D eigenvalue weighted by Gasteiger charge is 2.22. The molecule has 1 saturated heterocycles. The fraction of sp³-hybridized carbons (Fsp3) is 0.429. The highest BCUT2D eigenvalue weighted by Crippen LogP contribution is 2.16. The number of hydrogen-bond donors (Lipinski definition) is 1. The van der Waals surface area contributed by atoms with Gasteiger partial charge in [0.1, 0.15) is 0 Å². The van der Waals surface area contributed by atoms with Crippen LogP contribution in [0.1, 0.15) is 29.7 Å². The monoisotopic (exact) mass is 353 g/mol. The minimum absolute atomic E-state index is 0.0265. The maximum Gasteiger partial charge on any atom is 0.238 e. The van der Waals surface area contributed by atoms with E-state index in [0.29, 0.717) is 13.2 Å². The molecule has 1 unspecified atom stereocenters. The van der Waals surface area contributed by atoms with E-state index >= 15 is 0 Å². The van der Waals surface area contributed by atoms with Gasteiger partial charge >= 0.3 is 0 Å². The second-order valence-electron chi connectivity index (χ2n) is 6.98. The van der Waals surface area contributed by atoms with Gasteiger partial charge in [0, 0.05) is 18.4 Å². The number of ether oxygens (including phenoxy) is 1. The first-order chi connectivity index (χ1) is 12.6. The minimum Gasteiger partial charge on any atom is -0.371 e. The Morgan fingerprint density at radius 3 is 2.92 bits per heavy atom. The number of aromatic nitrogens is 1. The molecule has 2 aromatic rings. The predicted octanol–water partition coefficient (Wildman–Crippen LogP) is 3.32. The number of aryl methyl sites for hydroxylation is 2. The molecule has 0 saturated carbocycles. The lowest BCUT2D eigenvalue weighted by molar-refractivity contribution is -0.118. The molecular weight excluding hydrogens is 326 g/mol. The number of carbonyl (C=O) groups is 1. The molecule has 2 heterocycles. The van der Waals surface area contributed by atoms with E-state index in [-0.39, 0.29) is 12.0 Å². The second kappa shape index (κ2) is 8.92. The Hall–Kier alpha value is -2.24. The summed E-state index contributed by atoms with van der Waals surface area (Å²) in [5.74, 6) is 0.0265. The number of rotatable bonds is 6. The number of nitrogens with one attached hydrogen (secondary N) is 1. The summed E-state index contributed by atoms with van der Waals surface area (Å²) in [6, 6.07) is 11.8.